The quantitative estimate of drug-likeness (QED) is 0.642. The second-order valence-corrected chi connectivity index (χ2v) is 7.27. The summed E-state index contributed by atoms with van der Waals surface area (Å²) in [6.45, 7) is 8.64. The van der Waals surface area contributed by atoms with E-state index in [0.29, 0.717) is 17.4 Å². The Morgan fingerprint density at radius 3 is 2.64 bits per heavy atom. The van der Waals surface area contributed by atoms with Crippen LogP contribution in [0.3, 0.4) is 0 Å². The van der Waals surface area contributed by atoms with Crippen LogP contribution in [0.25, 0.3) is 11.1 Å². The lowest BCUT2D eigenvalue weighted by Gasteiger charge is -2.35. The van der Waals surface area contributed by atoms with Crippen molar-refractivity contribution in [3.63, 3.8) is 0 Å². The predicted octanol–water partition coefficient (Wildman–Crippen LogP) is 3.42. The molecule has 1 aliphatic rings. The first kappa shape index (κ1) is 18.3. The van der Waals surface area contributed by atoms with Gasteiger partial charge in [-0.2, -0.15) is 4.98 Å². The minimum Gasteiger partial charge on any atom is -0.459 e. The third-order valence-electron chi connectivity index (χ3n) is 4.73. The molecule has 28 heavy (non-hydrogen) atoms. The van der Waals surface area contributed by atoms with E-state index in [-0.39, 0.29) is 12.1 Å². The van der Waals surface area contributed by atoms with Crippen molar-refractivity contribution in [1.82, 2.24) is 9.97 Å². The van der Waals surface area contributed by atoms with Gasteiger partial charge in [-0.1, -0.05) is 6.07 Å². The molecule has 0 N–H and O–H groups in total. The molecule has 0 unspecified atom stereocenters. The van der Waals surface area contributed by atoms with Crippen molar-refractivity contribution < 1.29 is 13.9 Å². The number of piperazine rings is 1. The highest BCUT2D eigenvalue weighted by molar-refractivity contribution is 5.95. The van der Waals surface area contributed by atoms with E-state index >= 15 is 0 Å². The van der Waals surface area contributed by atoms with Gasteiger partial charge in [-0.25, -0.2) is 9.78 Å². The fourth-order valence-electron chi connectivity index (χ4n) is 3.36. The van der Waals surface area contributed by atoms with Gasteiger partial charge in [-0.15, -0.1) is 0 Å². The zero-order chi connectivity index (χ0) is 19.7. The van der Waals surface area contributed by atoms with Crippen LogP contribution >= 0.6 is 0 Å². The Morgan fingerprint density at radius 2 is 1.89 bits per heavy atom. The molecule has 0 atom stereocenters. The van der Waals surface area contributed by atoms with E-state index in [4.69, 9.17) is 9.15 Å². The molecule has 1 aromatic carbocycles. The van der Waals surface area contributed by atoms with Gasteiger partial charge in [-0.3, -0.25) is 0 Å². The lowest BCUT2D eigenvalue weighted by Crippen LogP contribution is -2.47. The number of oxazole rings is 1. The molecule has 0 radical (unpaired) electrons. The van der Waals surface area contributed by atoms with Gasteiger partial charge >= 0.3 is 5.97 Å². The average Bonchev–Trinajstić information content (AvgIpc) is 3.11. The summed E-state index contributed by atoms with van der Waals surface area (Å²) in [5.41, 5.74) is 3.34. The van der Waals surface area contributed by atoms with Gasteiger partial charge in [0.15, 0.2) is 5.58 Å². The van der Waals surface area contributed by atoms with Crippen LogP contribution < -0.4 is 9.80 Å². The number of fused-ring (bicyclic) bond motifs is 1. The summed E-state index contributed by atoms with van der Waals surface area (Å²) in [7, 11) is 0. The monoisotopic (exact) mass is 380 g/mol. The van der Waals surface area contributed by atoms with E-state index in [1.807, 2.05) is 39.0 Å². The number of nitrogens with zero attached hydrogens (tertiary/aromatic N) is 4. The number of esters is 1. The van der Waals surface area contributed by atoms with Gasteiger partial charge in [0.05, 0.1) is 6.10 Å². The average molecular weight is 380 g/mol. The van der Waals surface area contributed by atoms with E-state index in [1.165, 1.54) is 0 Å². The fourth-order valence-corrected chi connectivity index (χ4v) is 3.36. The number of carbonyl (C=O) groups excluding carboxylic acids is 1. The Bertz CT molecular complexity index is 990. The number of benzene rings is 1. The van der Waals surface area contributed by atoms with Crippen molar-refractivity contribution in [3.05, 3.63) is 47.7 Å². The first-order valence-corrected chi connectivity index (χ1v) is 9.54. The van der Waals surface area contributed by atoms with Crippen molar-refractivity contribution in [2.45, 2.75) is 26.9 Å². The molecule has 7 heteroatoms. The summed E-state index contributed by atoms with van der Waals surface area (Å²) in [6, 6.07) is 10.2. The third kappa shape index (κ3) is 3.65. The van der Waals surface area contributed by atoms with Crippen molar-refractivity contribution >= 4 is 28.9 Å². The normalized spacial score (nSPS) is 14.7. The van der Waals surface area contributed by atoms with Gasteiger partial charge in [0.2, 0.25) is 0 Å². The number of hydrogen-bond donors (Lipinski definition) is 0. The van der Waals surface area contributed by atoms with Crippen LogP contribution in [0, 0.1) is 6.92 Å². The number of carbonyl (C=O) groups is 1. The zero-order valence-corrected chi connectivity index (χ0v) is 16.4. The summed E-state index contributed by atoms with van der Waals surface area (Å²) in [5, 5.41) is 0. The van der Waals surface area contributed by atoms with Crippen LogP contribution in [-0.2, 0) is 4.74 Å². The molecule has 0 aliphatic carbocycles. The first-order chi connectivity index (χ1) is 13.5. The molecule has 1 aliphatic heterocycles. The summed E-state index contributed by atoms with van der Waals surface area (Å²) < 4.78 is 11.3. The number of anilines is 2. The fraction of sp³-hybridized carbons (Fsp3) is 0.381. The maximum absolute atomic E-state index is 12.4. The summed E-state index contributed by atoms with van der Waals surface area (Å²) in [6.07, 6.45) is 1.54. The summed E-state index contributed by atoms with van der Waals surface area (Å²) in [5.74, 6) is 0.329. The van der Waals surface area contributed by atoms with Crippen molar-refractivity contribution in [1.29, 1.82) is 0 Å². The summed E-state index contributed by atoms with van der Waals surface area (Å²) >= 11 is 0. The van der Waals surface area contributed by atoms with Gasteiger partial charge in [-0.05, 0) is 50.6 Å². The lowest BCUT2D eigenvalue weighted by molar-refractivity contribution is 0.0378. The van der Waals surface area contributed by atoms with Gasteiger partial charge in [0.1, 0.15) is 16.9 Å². The molecule has 0 bridgehead atoms. The maximum Gasteiger partial charge on any atom is 0.342 e. The lowest BCUT2D eigenvalue weighted by atomic mass is 10.2. The molecule has 1 saturated heterocycles. The molecule has 3 heterocycles. The van der Waals surface area contributed by atoms with Crippen LogP contribution in [0.4, 0.5) is 11.8 Å². The Morgan fingerprint density at radius 1 is 1.14 bits per heavy atom. The van der Waals surface area contributed by atoms with E-state index in [1.54, 1.807) is 18.3 Å². The molecule has 0 amide bonds. The zero-order valence-electron chi connectivity index (χ0n) is 16.4. The number of rotatable bonds is 4. The van der Waals surface area contributed by atoms with Crippen LogP contribution in [0.15, 0.2) is 40.9 Å². The van der Waals surface area contributed by atoms with E-state index in [0.717, 1.165) is 42.8 Å². The molecule has 1 fully saturated rings. The minimum atomic E-state index is -0.338. The van der Waals surface area contributed by atoms with Crippen molar-refractivity contribution in [3.8, 4) is 0 Å². The summed E-state index contributed by atoms with van der Waals surface area (Å²) in [4.78, 5) is 25.7. The maximum atomic E-state index is 12.4. The molecule has 2 aromatic heterocycles. The van der Waals surface area contributed by atoms with Crippen molar-refractivity contribution in [2.75, 3.05) is 36.0 Å². The number of aromatic nitrogens is 2. The predicted molar refractivity (Wildman–Crippen MR) is 108 cm³/mol. The number of pyridine rings is 1. The highest BCUT2D eigenvalue weighted by atomic mass is 16.5. The van der Waals surface area contributed by atoms with E-state index in [2.05, 4.69) is 19.8 Å². The SMILES string of the molecule is Cc1ccc2oc(N3CCN(c4ncccc4C(=O)OC(C)C)CC3)nc2c1. The van der Waals surface area contributed by atoms with Gasteiger partial charge < -0.3 is 19.0 Å². The second kappa shape index (κ2) is 7.50. The Kier molecular flexibility index (Phi) is 4.90. The molecule has 146 valence electrons. The van der Waals surface area contributed by atoms with E-state index in [9.17, 15) is 4.79 Å². The molecule has 4 rings (SSSR count). The van der Waals surface area contributed by atoms with Crippen LogP contribution in [0.1, 0.15) is 29.8 Å². The van der Waals surface area contributed by atoms with Gasteiger partial charge in [0.25, 0.3) is 6.01 Å². The minimum absolute atomic E-state index is 0.166. The molecule has 0 spiro atoms. The Balaban J connectivity index is 1.49. The van der Waals surface area contributed by atoms with Crippen LogP contribution in [-0.4, -0.2) is 48.2 Å². The molecular formula is C21H24N4O3. The smallest absolute Gasteiger partial charge is 0.342 e. The van der Waals surface area contributed by atoms with Crippen molar-refractivity contribution in [2.24, 2.45) is 0 Å². The number of aryl methyl sites for hydroxylation is 1. The topological polar surface area (TPSA) is 71.7 Å². The molecule has 3 aromatic rings. The van der Waals surface area contributed by atoms with E-state index < -0.39 is 0 Å². The largest absolute Gasteiger partial charge is 0.459 e. The van der Waals surface area contributed by atoms with Crippen LogP contribution in [0.2, 0.25) is 0 Å². The molecular weight excluding hydrogens is 356 g/mol. The standard InChI is InChI=1S/C21H24N4O3/c1-14(2)27-20(26)16-5-4-8-22-19(16)24-9-11-25(12-10-24)21-23-17-13-15(3)6-7-18(17)28-21/h4-8,13-14H,9-12H2,1-3H3. The highest BCUT2D eigenvalue weighted by Gasteiger charge is 2.25. The third-order valence-corrected chi connectivity index (χ3v) is 4.73. The second-order valence-electron chi connectivity index (χ2n) is 7.27. The molecule has 0 saturated carbocycles. The number of ether oxygens (including phenoxy) is 1. The first-order valence-electron chi connectivity index (χ1n) is 9.54. The highest BCUT2D eigenvalue weighted by Crippen LogP contribution is 2.26. The van der Waals surface area contributed by atoms with Gasteiger partial charge in [0, 0.05) is 32.4 Å². The molecule has 7 nitrogen and oxygen atoms in total. The Hall–Kier alpha value is -3.09. The number of hydrogen-bond acceptors (Lipinski definition) is 7. The van der Waals surface area contributed by atoms with Crippen LogP contribution in [0.5, 0.6) is 0 Å². The Labute approximate surface area is 163 Å².